The molecule has 17 heavy (non-hydrogen) atoms. The van der Waals surface area contributed by atoms with Crippen LogP contribution >= 0.6 is 0 Å². The average Bonchev–Trinajstić information content (AvgIpc) is 2.76. The Hall–Kier alpha value is -1.26. The maximum atomic E-state index is 3.09. The summed E-state index contributed by atoms with van der Waals surface area (Å²) >= 11 is 0. The highest BCUT2D eigenvalue weighted by molar-refractivity contribution is 5.37. The van der Waals surface area contributed by atoms with Crippen LogP contribution in [0.5, 0.6) is 0 Å². The third-order valence-electron chi connectivity index (χ3n) is 3.86. The lowest BCUT2D eigenvalue weighted by Crippen LogP contribution is -2.29. The van der Waals surface area contributed by atoms with Crippen molar-refractivity contribution in [1.29, 1.82) is 0 Å². The zero-order chi connectivity index (χ0) is 12.3. The molecular weight excluding hydrogens is 206 g/mol. The third kappa shape index (κ3) is 2.70. The minimum atomic E-state index is 0.617. The molecule has 1 aliphatic rings. The first-order chi connectivity index (χ1) is 8.22. The van der Waals surface area contributed by atoms with Crippen LogP contribution in [0.3, 0.4) is 0 Å². The van der Waals surface area contributed by atoms with Crippen LogP contribution in [0, 0.1) is 11.8 Å². The summed E-state index contributed by atoms with van der Waals surface area (Å²) in [7, 11) is 2.24. The van der Waals surface area contributed by atoms with E-state index in [1.807, 2.05) is 6.92 Å². The highest BCUT2D eigenvalue weighted by atomic mass is 15.1. The Morgan fingerprint density at radius 1 is 1.29 bits per heavy atom. The standard InChI is InChI=1S/C16H21N/c1-4-6-14-8-10-15(11-9-14)13(2)16-7-5-12-17(16)3/h8-11,13,16H,5,7,12H2,1-3H3. The summed E-state index contributed by atoms with van der Waals surface area (Å²) in [5.74, 6) is 6.64. The molecule has 1 heterocycles. The largest absolute Gasteiger partial charge is 0.303 e. The Bertz CT molecular complexity index is 421. The summed E-state index contributed by atoms with van der Waals surface area (Å²) in [5.41, 5.74) is 2.55. The van der Waals surface area contributed by atoms with Crippen molar-refractivity contribution < 1.29 is 0 Å². The van der Waals surface area contributed by atoms with Crippen molar-refractivity contribution in [2.75, 3.05) is 13.6 Å². The molecule has 1 aromatic carbocycles. The molecule has 0 saturated carbocycles. The van der Waals surface area contributed by atoms with E-state index in [2.05, 4.69) is 55.0 Å². The molecule has 0 spiro atoms. The number of likely N-dealkylation sites (tertiary alicyclic amines) is 1. The number of hydrogen-bond acceptors (Lipinski definition) is 1. The summed E-state index contributed by atoms with van der Waals surface area (Å²) in [5, 5.41) is 0. The molecule has 2 unspecified atom stereocenters. The van der Waals surface area contributed by atoms with Crippen molar-refractivity contribution in [2.24, 2.45) is 0 Å². The Labute approximate surface area is 105 Å². The van der Waals surface area contributed by atoms with E-state index in [0.717, 1.165) is 5.56 Å². The maximum Gasteiger partial charge on any atom is 0.0245 e. The smallest absolute Gasteiger partial charge is 0.0245 e. The molecule has 0 amide bonds. The van der Waals surface area contributed by atoms with Crippen LogP contribution in [0.25, 0.3) is 0 Å². The van der Waals surface area contributed by atoms with Gasteiger partial charge in [-0.05, 0) is 57.0 Å². The van der Waals surface area contributed by atoms with Crippen LogP contribution in [0.2, 0.25) is 0 Å². The van der Waals surface area contributed by atoms with Gasteiger partial charge in [0.15, 0.2) is 0 Å². The molecule has 1 heteroatoms. The minimum absolute atomic E-state index is 0.617. The van der Waals surface area contributed by atoms with Gasteiger partial charge in [0.2, 0.25) is 0 Å². The second kappa shape index (κ2) is 5.38. The van der Waals surface area contributed by atoms with Crippen molar-refractivity contribution in [3.05, 3.63) is 35.4 Å². The molecule has 0 N–H and O–H groups in total. The van der Waals surface area contributed by atoms with Crippen molar-refractivity contribution in [3.8, 4) is 11.8 Å². The first-order valence-electron chi connectivity index (χ1n) is 6.45. The van der Waals surface area contributed by atoms with E-state index in [0.29, 0.717) is 12.0 Å². The zero-order valence-corrected chi connectivity index (χ0v) is 11.0. The fourth-order valence-electron chi connectivity index (χ4n) is 2.80. The number of benzene rings is 1. The molecule has 1 saturated heterocycles. The first-order valence-corrected chi connectivity index (χ1v) is 6.45. The highest BCUT2D eigenvalue weighted by Gasteiger charge is 2.26. The fourth-order valence-corrected chi connectivity index (χ4v) is 2.80. The first kappa shape index (κ1) is 12.2. The average molecular weight is 227 g/mol. The molecule has 0 bridgehead atoms. The summed E-state index contributed by atoms with van der Waals surface area (Å²) in [6, 6.07) is 9.44. The molecule has 0 radical (unpaired) electrons. The van der Waals surface area contributed by atoms with Crippen LogP contribution in [-0.2, 0) is 0 Å². The lowest BCUT2D eigenvalue weighted by molar-refractivity contribution is 0.279. The van der Waals surface area contributed by atoms with Gasteiger partial charge in [-0.3, -0.25) is 0 Å². The van der Waals surface area contributed by atoms with Crippen LogP contribution in [0.4, 0.5) is 0 Å². The minimum Gasteiger partial charge on any atom is -0.303 e. The van der Waals surface area contributed by atoms with E-state index in [4.69, 9.17) is 0 Å². The predicted octanol–water partition coefficient (Wildman–Crippen LogP) is 3.26. The lowest BCUT2D eigenvalue weighted by atomic mass is 9.91. The summed E-state index contributed by atoms with van der Waals surface area (Å²) in [4.78, 5) is 2.49. The van der Waals surface area contributed by atoms with Gasteiger partial charge in [-0.1, -0.05) is 25.0 Å². The van der Waals surface area contributed by atoms with E-state index in [1.165, 1.54) is 24.9 Å². The molecule has 0 aromatic heterocycles. The number of rotatable bonds is 2. The highest BCUT2D eigenvalue weighted by Crippen LogP contribution is 2.29. The Morgan fingerprint density at radius 3 is 2.53 bits per heavy atom. The quantitative estimate of drug-likeness (QED) is 0.701. The Kier molecular flexibility index (Phi) is 3.86. The van der Waals surface area contributed by atoms with Gasteiger partial charge in [-0.15, -0.1) is 5.92 Å². The van der Waals surface area contributed by atoms with Gasteiger partial charge in [-0.25, -0.2) is 0 Å². The summed E-state index contributed by atoms with van der Waals surface area (Å²) < 4.78 is 0. The second-order valence-corrected chi connectivity index (χ2v) is 4.98. The molecule has 0 aliphatic carbocycles. The van der Waals surface area contributed by atoms with Crippen molar-refractivity contribution >= 4 is 0 Å². The van der Waals surface area contributed by atoms with Gasteiger partial charge in [-0.2, -0.15) is 0 Å². The molecule has 1 fully saturated rings. The normalized spacial score (nSPS) is 21.9. The predicted molar refractivity (Wildman–Crippen MR) is 73.1 cm³/mol. The van der Waals surface area contributed by atoms with E-state index in [1.54, 1.807) is 0 Å². The SMILES string of the molecule is CC#Cc1ccc(C(C)C2CCCN2C)cc1. The lowest BCUT2D eigenvalue weighted by Gasteiger charge is -2.26. The summed E-state index contributed by atoms with van der Waals surface area (Å²) in [6.07, 6.45) is 2.67. The topological polar surface area (TPSA) is 3.24 Å². The molecule has 2 rings (SSSR count). The molecule has 1 nitrogen and oxygen atoms in total. The van der Waals surface area contributed by atoms with Crippen LogP contribution in [-0.4, -0.2) is 24.5 Å². The van der Waals surface area contributed by atoms with Crippen LogP contribution in [0.1, 0.15) is 43.7 Å². The number of hydrogen-bond donors (Lipinski definition) is 0. The van der Waals surface area contributed by atoms with Crippen molar-refractivity contribution in [1.82, 2.24) is 4.90 Å². The van der Waals surface area contributed by atoms with E-state index >= 15 is 0 Å². The second-order valence-electron chi connectivity index (χ2n) is 4.98. The van der Waals surface area contributed by atoms with Gasteiger partial charge in [0.25, 0.3) is 0 Å². The molecule has 1 aliphatic heterocycles. The van der Waals surface area contributed by atoms with Crippen LogP contribution < -0.4 is 0 Å². The molecule has 1 aromatic rings. The molecule has 2 atom stereocenters. The maximum absolute atomic E-state index is 3.09. The van der Waals surface area contributed by atoms with E-state index in [-0.39, 0.29) is 0 Å². The fraction of sp³-hybridized carbons (Fsp3) is 0.500. The van der Waals surface area contributed by atoms with Gasteiger partial charge < -0.3 is 4.90 Å². The van der Waals surface area contributed by atoms with Crippen LogP contribution in [0.15, 0.2) is 24.3 Å². The Morgan fingerprint density at radius 2 is 2.00 bits per heavy atom. The van der Waals surface area contributed by atoms with E-state index in [9.17, 15) is 0 Å². The van der Waals surface area contributed by atoms with Gasteiger partial charge in [0.05, 0.1) is 0 Å². The summed E-state index contributed by atoms with van der Waals surface area (Å²) in [6.45, 7) is 5.46. The van der Waals surface area contributed by atoms with Crippen molar-refractivity contribution in [2.45, 2.75) is 38.6 Å². The van der Waals surface area contributed by atoms with E-state index < -0.39 is 0 Å². The van der Waals surface area contributed by atoms with Crippen molar-refractivity contribution in [3.63, 3.8) is 0 Å². The zero-order valence-electron chi connectivity index (χ0n) is 11.0. The third-order valence-corrected chi connectivity index (χ3v) is 3.86. The van der Waals surface area contributed by atoms with Gasteiger partial charge >= 0.3 is 0 Å². The number of nitrogens with zero attached hydrogens (tertiary/aromatic N) is 1. The molecule has 90 valence electrons. The molecular formula is C16H21N. The number of likely N-dealkylation sites (N-methyl/N-ethyl adjacent to an activating group) is 1. The monoisotopic (exact) mass is 227 g/mol. The van der Waals surface area contributed by atoms with Gasteiger partial charge in [0.1, 0.15) is 0 Å². The Balaban J connectivity index is 2.13. The van der Waals surface area contributed by atoms with Gasteiger partial charge in [0, 0.05) is 11.6 Å².